The Morgan fingerprint density at radius 3 is 2.67 bits per heavy atom. The van der Waals surface area contributed by atoms with Gasteiger partial charge in [-0.2, -0.15) is 0 Å². The van der Waals surface area contributed by atoms with Gasteiger partial charge in [-0.3, -0.25) is 0 Å². The molecule has 0 fully saturated rings. The fourth-order valence-electron chi connectivity index (χ4n) is 2.61. The van der Waals surface area contributed by atoms with Crippen LogP contribution in [0, 0.1) is 6.92 Å². The summed E-state index contributed by atoms with van der Waals surface area (Å²) in [5.74, 6) is 0.686. The lowest BCUT2D eigenvalue weighted by molar-refractivity contribution is 0.172. The Morgan fingerprint density at radius 2 is 1.88 bits per heavy atom. The van der Waals surface area contributed by atoms with Crippen LogP contribution in [-0.4, -0.2) is 17.7 Å². The van der Waals surface area contributed by atoms with Crippen molar-refractivity contribution in [1.29, 1.82) is 0 Å². The molecule has 0 radical (unpaired) electrons. The predicted molar refractivity (Wildman–Crippen MR) is 92.6 cm³/mol. The van der Waals surface area contributed by atoms with E-state index in [1.165, 1.54) is 0 Å². The first-order valence-corrected chi connectivity index (χ1v) is 7.86. The van der Waals surface area contributed by atoms with Crippen LogP contribution in [-0.2, 0) is 6.54 Å². The molecule has 1 heterocycles. The topological polar surface area (TPSA) is 74.5 Å². The first-order chi connectivity index (χ1) is 11.6. The highest BCUT2D eigenvalue weighted by Gasteiger charge is 2.11. The monoisotopic (exact) mass is 324 g/mol. The van der Waals surface area contributed by atoms with Crippen molar-refractivity contribution in [1.82, 2.24) is 10.6 Å². The summed E-state index contributed by atoms with van der Waals surface area (Å²) < 4.78 is 5.64. The number of aliphatic hydroxyl groups is 1. The maximum Gasteiger partial charge on any atom is 0.315 e. The van der Waals surface area contributed by atoms with Crippen molar-refractivity contribution in [2.75, 3.05) is 6.54 Å². The zero-order valence-electron chi connectivity index (χ0n) is 13.5. The van der Waals surface area contributed by atoms with Crippen LogP contribution in [0.25, 0.3) is 11.0 Å². The van der Waals surface area contributed by atoms with Gasteiger partial charge in [0.1, 0.15) is 11.3 Å². The third-order valence-electron chi connectivity index (χ3n) is 3.90. The van der Waals surface area contributed by atoms with Gasteiger partial charge in [0.25, 0.3) is 0 Å². The minimum atomic E-state index is -0.733. The first kappa shape index (κ1) is 16.1. The van der Waals surface area contributed by atoms with Gasteiger partial charge in [0.05, 0.1) is 12.6 Å². The summed E-state index contributed by atoms with van der Waals surface area (Å²) in [5.41, 5.74) is 2.61. The Labute approximate surface area is 140 Å². The number of amides is 2. The summed E-state index contributed by atoms with van der Waals surface area (Å²) in [4.78, 5) is 11.9. The van der Waals surface area contributed by atoms with Gasteiger partial charge in [0.2, 0.25) is 0 Å². The molecule has 0 bridgehead atoms. The van der Waals surface area contributed by atoms with Gasteiger partial charge in [-0.1, -0.05) is 42.5 Å². The lowest BCUT2D eigenvalue weighted by Crippen LogP contribution is -2.37. The molecule has 2 amide bonds. The van der Waals surface area contributed by atoms with E-state index in [0.717, 1.165) is 22.1 Å². The molecular formula is C19H20N2O3. The zero-order valence-corrected chi connectivity index (χ0v) is 13.5. The summed E-state index contributed by atoms with van der Waals surface area (Å²) in [6, 6.07) is 16.8. The minimum Gasteiger partial charge on any atom is -0.459 e. The molecule has 0 spiro atoms. The highest BCUT2D eigenvalue weighted by Crippen LogP contribution is 2.18. The van der Waals surface area contributed by atoms with Crippen molar-refractivity contribution in [3.8, 4) is 0 Å². The van der Waals surface area contributed by atoms with Crippen LogP contribution in [0.15, 0.2) is 59.0 Å². The standard InChI is InChI=1S/C19H20N2O3/c1-13-6-2-4-8-16(13)17(22)12-21-19(23)20-11-15-10-14-7-3-5-9-18(14)24-15/h2-10,17,22H,11-12H2,1H3,(H2,20,21,23). The van der Waals surface area contributed by atoms with Crippen molar-refractivity contribution in [2.45, 2.75) is 19.6 Å². The Bertz CT molecular complexity index is 808. The van der Waals surface area contributed by atoms with E-state index in [0.29, 0.717) is 12.3 Å². The molecule has 3 N–H and O–H groups in total. The van der Waals surface area contributed by atoms with Crippen molar-refractivity contribution >= 4 is 17.0 Å². The van der Waals surface area contributed by atoms with Gasteiger partial charge in [0, 0.05) is 11.9 Å². The molecular weight excluding hydrogens is 304 g/mol. The molecule has 0 saturated carbocycles. The summed E-state index contributed by atoms with van der Waals surface area (Å²) in [6.45, 7) is 2.37. The molecule has 5 nitrogen and oxygen atoms in total. The quantitative estimate of drug-likeness (QED) is 0.674. The Morgan fingerprint density at radius 1 is 1.12 bits per heavy atom. The lowest BCUT2D eigenvalue weighted by Gasteiger charge is -2.14. The van der Waals surface area contributed by atoms with Gasteiger partial charge in [-0.25, -0.2) is 4.79 Å². The minimum absolute atomic E-state index is 0.150. The van der Waals surface area contributed by atoms with E-state index in [9.17, 15) is 9.90 Å². The van der Waals surface area contributed by atoms with Crippen LogP contribution in [0.5, 0.6) is 0 Å². The van der Waals surface area contributed by atoms with Crippen molar-refractivity contribution in [3.05, 3.63) is 71.5 Å². The summed E-state index contributed by atoms with van der Waals surface area (Å²) in [5, 5.41) is 16.6. The Balaban J connectivity index is 1.50. The number of benzene rings is 2. The Kier molecular flexibility index (Phi) is 4.82. The van der Waals surface area contributed by atoms with Crippen molar-refractivity contribution in [3.63, 3.8) is 0 Å². The molecule has 1 unspecified atom stereocenters. The number of furan rings is 1. The van der Waals surface area contributed by atoms with E-state index in [1.807, 2.05) is 61.5 Å². The number of aryl methyl sites for hydroxylation is 1. The second-order valence-corrected chi connectivity index (χ2v) is 5.69. The predicted octanol–water partition coefficient (Wildman–Crippen LogP) is 3.27. The summed E-state index contributed by atoms with van der Waals surface area (Å²) in [7, 11) is 0. The summed E-state index contributed by atoms with van der Waals surface area (Å²) in [6.07, 6.45) is -0.733. The van der Waals surface area contributed by atoms with Crippen molar-refractivity contribution in [2.24, 2.45) is 0 Å². The van der Waals surface area contributed by atoms with Crippen LogP contribution < -0.4 is 10.6 Å². The number of hydrogen-bond acceptors (Lipinski definition) is 3. The van der Waals surface area contributed by atoms with E-state index in [1.54, 1.807) is 0 Å². The maximum atomic E-state index is 11.9. The average Bonchev–Trinajstić information content (AvgIpc) is 3.01. The molecule has 0 aliphatic carbocycles. The highest BCUT2D eigenvalue weighted by molar-refractivity contribution is 5.78. The van der Waals surface area contributed by atoms with E-state index in [4.69, 9.17) is 4.42 Å². The van der Waals surface area contributed by atoms with Crippen LogP contribution in [0.3, 0.4) is 0 Å². The molecule has 0 aliphatic heterocycles. The molecule has 0 aliphatic rings. The van der Waals surface area contributed by atoms with E-state index in [-0.39, 0.29) is 12.6 Å². The molecule has 3 rings (SSSR count). The van der Waals surface area contributed by atoms with Crippen LogP contribution in [0.2, 0.25) is 0 Å². The van der Waals surface area contributed by atoms with E-state index < -0.39 is 6.10 Å². The number of aliphatic hydroxyl groups excluding tert-OH is 1. The fraction of sp³-hybridized carbons (Fsp3) is 0.211. The molecule has 1 aromatic heterocycles. The van der Waals surface area contributed by atoms with Gasteiger partial charge in [-0.05, 0) is 30.2 Å². The Hall–Kier alpha value is -2.79. The van der Waals surface area contributed by atoms with Crippen LogP contribution in [0.4, 0.5) is 4.79 Å². The largest absolute Gasteiger partial charge is 0.459 e. The van der Waals surface area contributed by atoms with Gasteiger partial charge in [0.15, 0.2) is 0 Å². The second kappa shape index (κ2) is 7.19. The smallest absolute Gasteiger partial charge is 0.315 e. The summed E-state index contributed by atoms with van der Waals surface area (Å²) >= 11 is 0. The SMILES string of the molecule is Cc1ccccc1C(O)CNC(=O)NCc1cc2ccccc2o1. The third-order valence-corrected chi connectivity index (χ3v) is 3.90. The fourth-order valence-corrected chi connectivity index (χ4v) is 2.61. The number of para-hydroxylation sites is 1. The van der Waals surface area contributed by atoms with E-state index in [2.05, 4.69) is 10.6 Å². The number of rotatable bonds is 5. The number of carbonyl (C=O) groups excluding carboxylic acids is 1. The lowest BCUT2D eigenvalue weighted by atomic mass is 10.0. The van der Waals surface area contributed by atoms with E-state index >= 15 is 0 Å². The van der Waals surface area contributed by atoms with Gasteiger partial charge >= 0.3 is 6.03 Å². The van der Waals surface area contributed by atoms with Gasteiger partial charge in [-0.15, -0.1) is 0 Å². The molecule has 2 aromatic carbocycles. The number of hydrogen-bond donors (Lipinski definition) is 3. The molecule has 0 saturated heterocycles. The molecule has 24 heavy (non-hydrogen) atoms. The molecule has 124 valence electrons. The van der Waals surface area contributed by atoms with Gasteiger partial charge < -0.3 is 20.2 Å². The maximum absolute atomic E-state index is 11.9. The van der Waals surface area contributed by atoms with Crippen molar-refractivity contribution < 1.29 is 14.3 Å². The van der Waals surface area contributed by atoms with Crippen LogP contribution >= 0.6 is 0 Å². The average molecular weight is 324 g/mol. The molecule has 3 aromatic rings. The number of fused-ring (bicyclic) bond motifs is 1. The number of carbonyl (C=O) groups is 1. The number of urea groups is 1. The first-order valence-electron chi connectivity index (χ1n) is 7.86. The molecule has 5 heteroatoms. The number of nitrogens with one attached hydrogen (secondary N) is 2. The highest BCUT2D eigenvalue weighted by atomic mass is 16.3. The second-order valence-electron chi connectivity index (χ2n) is 5.69. The zero-order chi connectivity index (χ0) is 16.9. The normalized spacial score (nSPS) is 12.1. The third kappa shape index (κ3) is 3.75. The molecule has 1 atom stereocenters. The van der Waals surface area contributed by atoms with Crippen LogP contribution in [0.1, 0.15) is 23.0 Å².